The number of aromatic hydroxyl groups is 1. The maximum atomic E-state index is 14.1. The van der Waals surface area contributed by atoms with E-state index < -0.39 is 22.9 Å². The van der Waals surface area contributed by atoms with Crippen molar-refractivity contribution in [3.8, 4) is 17.3 Å². The van der Waals surface area contributed by atoms with Crippen LogP contribution in [0.2, 0.25) is 0 Å². The highest BCUT2D eigenvalue weighted by molar-refractivity contribution is 6.09. The summed E-state index contributed by atoms with van der Waals surface area (Å²) < 4.78 is 16.0. The molecule has 3 aromatic heterocycles. The van der Waals surface area contributed by atoms with E-state index in [1.54, 1.807) is 19.3 Å². The van der Waals surface area contributed by atoms with Crippen LogP contribution in [0.1, 0.15) is 34.9 Å². The number of nitrogens with one attached hydrogen (secondary N) is 1. The van der Waals surface area contributed by atoms with Crippen LogP contribution >= 0.6 is 0 Å². The van der Waals surface area contributed by atoms with Gasteiger partial charge in [0.1, 0.15) is 22.7 Å². The smallest absolute Gasteiger partial charge is 0.240 e. The molecule has 0 spiro atoms. The maximum absolute atomic E-state index is 14.1. The molecule has 37 heavy (non-hydrogen) atoms. The van der Waals surface area contributed by atoms with Crippen LogP contribution in [0, 0.1) is 12.7 Å². The van der Waals surface area contributed by atoms with E-state index in [0.717, 1.165) is 28.5 Å². The highest BCUT2D eigenvalue weighted by Gasteiger charge is 2.48. The second-order valence-electron chi connectivity index (χ2n) is 9.30. The van der Waals surface area contributed by atoms with Crippen LogP contribution in [-0.2, 0) is 16.6 Å². The van der Waals surface area contributed by atoms with Crippen molar-refractivity contribution in [3.63, 3.8) is 0 Å². The topological polar surface area (TPSA) is 131 Å². The van der Waals surface area contributed by atoms with Gasteiger partial charge in [0, 0.05) is 25.0 Å². The van der Waals surface area contributed by atoms with Gasteiger partial charge in [0.05, 0.1) is 11.3 Å². The number of fused-ring (bicyclic) bond motifs is 2. The first-order valence-electron chi connectivity index (χ1n) is 11.6. The zero-order chi connectivity index (χ0) is 25.9. The Labute approximate surface area is 210 Å². The number of benzene rings is 2. The van der Waals surface area contributed by atoms with Crippen molar-refractivity contribution in [3.05, 3.63) is 94.8 Å². The quantitative estimate of drug-likeness (QED) is 0.346. The summed E-state index contributed by atoms with van der Waals surface area (Å²) in [5.41, 5.74) is 9.87. The van der Waals surface area contributed by atoms with E-state index >= 15 is 0 Å². The van der Waals surface area contributed by atoms with Gasteiger partial charge in [-0.2, -0.15) is 0 Å². The van der Waals surface area contributed by atoms with Gasteiger partial charge in [0.2, 0.25) is 5.91 Å². The lowest BCUT2D eigenvalue weighted by atomic mass is 9.77. The molecule has 0 unspecified atom stereocenters. The highest BCUT2D eigenvalue weighted by Crippen LogP contribution is 2.45. The number of halogens is 1. The molecule has 0 aliphatic carbocycles. The summed E-state index contributed by atoms with van der Waals surface area (Å²) in [6, 6.07) is 12.0. The number of nitrogen functional groups attached to an aromatic ring is 1. The Morgan fingerprint density at radius 2 is 2.00 bits per heavy atom. The lowest BCUT2D eigenvalue weighted by Gasteiger charge is -2.23. The molecule has 0 fully saturated rings. The molecule has 4 heterocycles. The number of nitrogens with zero attached hydrogens (tertiary/aromatic N) is 5. The zero-order valence-corrected chi connectivity index (χ0v) is 20.0. The van der Waals surface area contributed by atoms with Crippen molar-refractivity contribution < 1.29 is 14.3 Å². The molecule has 184 valence electrons. The van der Waals surface area contributed by atoms with E-state index in [1.165, 1.54) is 12.1 Å². The first kappa shape index (κ1) is 22.6. The van der Waals surface area contributed by atoms with Crippen LogP contribution in [0.15, 0.2) is 61.1 Å². The molecule has 0 bridgehead atoms. The molecule has 0 saturated carbocycles. The summed E-state index contributed by atoms with van der Waals surface area (Å²) in [7, 11) is 0. The predicted octanol–water partition coefficient (Wildman–Crippen LogP) is 3.77. The molecule has 0 saturated heterocycles. The van der Waals surface area contributed by atoms with Crippen molar-refractivity contribution in [1.82, 2.24) is 24.3 Å². The van der Waals surface area contributed by atoms with Gasteiger partial charge in [-0.05, 0) is 37.1 Å². The van der Waals surface area contributed by atoms with Crippen LogP contribution in [0.3, 0.4) is 0 Å². The number of imidazole rings is 1. The number of hydrogen-bond acceptors (Lipinski definition) is 7. The number of aryl methyl sites for hydroxylation is 1. The maximum Gasteiger partial charge on any atom is 0.240 e. The molecule has 4 N–H and O–H groups in total. The van der Waals surface area contributed by atoms with Crippen LogP contribution in [0.4, 0.5) is 16.0 Å². The fourth-order valence-electron chi connectivity index (χ4n) is 4.85. The number of aromatic nitrogens is 5. The highest BCUT2D eigenvalue weighted by atomic mass is 19.1. The van der Waals surface area contributed by atoms with E-state index in [0.29, 0.717) is 23.2 Å². The van der Waals surface area contributed by atoms with Crippen molar-refractivity contribution in [2.24, 2.45) is 0 Å². The summed E-state index contributed by atoms with van der Waals surface area (Å²) in [5.74, 6) is -1.23. The number of nitrogens with two attached hydrogens (primary N) is 1. The van der Waals surface area contributed by atoms with Gasteiger partial charge >= 0.3 is 0 Å². The van der Waals surface area contributed by atoms with Gasteiger partial charge in [-0.15, -0.1) is 0 Å². The fourth-order valence-corrected chi connectivity index (χ4v) is 4.85. The number of anilines is 2. The molecule has 2 aromatic carbocycles. The van der Waals surface area contributed by atoms with Gasteiger partial charge < -0.3 is 20.6 Å². The fraction of sp³-hybridized carbons (Fsp3) is 0.148. The molecular weight excluding hydrogens is 473 g/mol. The number of phenolic OH excluding ortho intramolecular Hbond substituents is 1. The zero-order valence-electron chi connectivity index (χ0n) is 20.0. The molecule has 1 amide bonds. The number of amides is 1. The van der Waals surface area contributed by atoms with E-state index in [9.17, 15) is 14.3 Å². The molecular formula is C27H22FN7O2. The summed E-state index contributed by atoms with van der Waals surface area (Å²) in [5, 5.41) is 12.4. The van der Waals surface area contributed by atoms with Gasteiger partial charge in [0.15, 0.2) is 23.0 Å². The first-order chi connectivity index (χ1) is 17.7. The third-order valence-corrected chi connectivity index (χ3v) is 6.77. The normalized spacial score (nSPS) is 16.7. The lowest BCUT2D eigenvalue weighted by molar-refractivity contribution is -0.119. The summed E-state index contributed by atoms with van der Waals surface area (Å²) in [6.45, 7) is 3.66. The molecule has 1 aliphatic rings. The summed E-state index contributed by atoms with van der Waals surface area (Å²) in [6.07, 6.45) is 5.82. The van der Waals surface area contributed by atoms with Crippen LogP contribution in [-0.4, -0.2) is 35.4 Å². The number of carbonyl (C=O) groups excluding carboxylic acids is 1. The number of rotatable bonds is 4. The predicted molar refractivity (Wildman–Crippen MR) is 136 cm³/mol. The SMILES string of the molecule is Cc1cccc(Cc2nc(-c3nc(N)c4c(n3)NC(=O)[C@]4(C)c3ccc(O)c(F)c3)cn3ccnc23)c1. The second-order valence-corrected chi connectivity index (χ2v) is 9.30. The first-order valence-corrected chi connectivity index (χ1v) is 11.6. The number of carbonyl (C=O) groups is 1. The minimum Gasteiger partial charge on any atom is -0.505 e. The second kappa shape index (κ2) is 8.09. The Morgan fingerprint density at radius 3 is 2.78 bits per heavy atom. The molecule has 10 heteroatoms. The number of hydrogen-bond donors (Lipinski definition) is 3. The van der Waals surface area contributed by atoms with E-state index in [2.05, 4.69) is 26.3 Å². The third-order valence-electron chi connectivity index (χ3n) is 6.77. The van der Waals surface area contributed by atoms with Crippen LogP contribution < -0.4 is 11.1 Å². The Bertz CT molecular complexity index is 1730. The summed E-state index contributed by atoms with van der Waals surface area (Å²) in [4.78, 5) is 31.5. The summed E-state index contributed by atoms with van der Waals surface area (Å²) >= 11 is 0. The standard InChI is InChI=1S/C27H22FN7O2/c1-14-4-3-5-15(10-14)11-18-25-30-8-9-35(25)13-19(31-18)23-32-22(29)21-24(33-23)34-26(37)27(21,2)16-6-7-20(36)17(28)12-16/h3-10,12-13,36H,11H2,1-2H3,(H3,29,32,33,34,37)/t27-/m1/s1. The Morgan fingerprint density at radius 1 is 1.16 bits per heavy atom. The Balaban J connectivity index is 1.46. The average Bonchev–Trinajstić information content (AvgIpc) is 3.44. The van der Waals surface area contributed by atoms with Crippen molar-refractivity contribution >= 4 is 23.2 Å². The molecule has 1 aliphatic heterocycles. The number of phenols is 1. The third kappa shape index (κ3) is 3.56. The minimum atomic E-state index is -1.34. The molecule has 9 nitrogen and oxygen atoms in total. The minimum absolute atomic E-state index is 0.0714. The van der Waals surface area contributed by atoms with E-state index in [1.807, 2.05) is 35.7 Å². The lowest BCUT2D eigenvalue weighted by Crippen LogP contribution is -2.33. The molecule has 6 rings (SSSR count). The van der Waals surface area contributed by atoms with Gasteiger partial charge in [0.25, 0.3) is 0 Å². The van der Waals surface area contributed by atoms with Gasteiger partial charge in [-0.25, -0.2) is 24.3 Å². The van der Waals surface area contributed by atoms with Crippen molar-refractivity contribution in [1.29, 1.82) is 0 Å². The Kier molecular flexibility index (Phi) is 4.94. The Hall–Kier alpha value is -4.86. The monoisotopic (exact) mass is 495 g/mol. The van der Waals surface area contributed by atoms with Gasteiger partial charge in [-0.3, -0.25) is 4.79 Å². The molecule has 5 aromatic rings. The van der Waals surface area contributed by atoms with Crippen molar-refractivity contribution in [2.75, 3.05) is 11.1 Å². The van der Waals surface area contributed by atoms with Crippen LogP contribution in [0.5, 0.6) is 5.75 Å². The van der Waals surface area contributed by atoms with E-state index in [-0.39, 0.29) is 17.5 Å². The molecule has 0 radical (unpaired) electrons. The van der Waals surface area contributed by atoms with Gasteiger partial charge in [-0.1, -0.05) is 35.9 Å². The average molecular weight is 496 g/mol. The van der Waals surface area contributed by atoms with Crippen LogP contribution in [0.25, 0.3) is 17.2 Å². The van der Waals surface area contributed by atoms with Crippen molar-refractivity contribution in [2.45, 2.75) is 25.7 Å². The molecule has 1 atom stereocenters. The largest absolute Gasteiger partial charge is 0.505 e. The van der Waals surface area contributed by atoms with E-state index in [4.69, 9.17) is 10.7 Å².